The van der Waals surface area contributed by atoms with Gasteiger partial charge in [-0.15, -0.1) is 0 Å². The number of fused-ring (bicyclic) bond motifs is 1. The van der Waals surface area contributed by atoms with Crippen molar-refractivity contribution in [2.45, 2.75) is 39.2 Å². The molecule has 1 fully saturated rings. The Labute approximate surface area is 187 Å². The lowest BCUT2D eigenvalue weighted by Gasteiger charge is -2.24. The minimum atomic E-state index is -1.25. The molecule has 164 valence electrons. The Bertz CT molecular complexity index is 1230. The van der Waals surface area contributed by atoms with E-state index in [4.69, 9.17) is 0 Å². The number of carbonyl (C=O) groups is 3. The van der Waals surface area contributed by atoms with Crippen LogP contribution >= 0.6 is 0 Å². The number of amides is 4. The molecule has 32 heavy (non-hydrogen) atoms. The number of hydrogen-bond donors (Lipinski definition) is 2. The van der Waals surface area contributed by atoms with Crippen molar-refractivity contribution in [3.8, 4) is 0 Å². The number of rotatable bonds is 5. The van der Waals surface area contributed by atoms with Gasteiger partial charge in [-0.1, -0.05) is 74.5 Å². The molecule has 1 aliphatic heterocycles. The van der Waals surface area contributed by atoms with Crippen LogP contribution in [0.2, 0.25) is 0 Å². The molecule has 0 radical (unpaired) electrons. The number of hydrogen-bond acceptors (Lipinski definition) is 3. The van der Waals surface area contributed by atoms with Crippen LogP contribution in [0.15, 0.2) is 60.7 Å². The van der Waals surface area contributed by atoms with Crippen molar-refractivity contribution in [3.05, 3.63) is 77.4 Å². The van der Waals surface area contributed by atoms with Crippen LogP contribution in [0.1, 0.15) is 43.4 Å². The van der Waals surface area contributed by atoms with Crippen molar-refractivity contribution in [1.29, 1.82) is 0 Å². The summed E-state index contributed by atoms with van der Waals surface area (Å²) in [5.74, 6) is -0.633. The second-order valence-electron chi connectivity index (χ2n) is 8.72. The Balaban J connectivity index is 1.60. The number of nitrogens with one attached hydrogen (secondary N) is 2. The minimum Gasteiger partial charge on any atom is -0.324 e. The van der Waals surface area contributed by atoms with Crippen LogP contribution in [0.4, 0.5) is 10.5 Å². The number of anilines is 1. The Hall–Kier alpha value is -3.67. The molecule has 1 saturated heterocycles. The molecule has 2 N–H and O–H groups in total. The minimum absolute atomic E-state index is 0.219. The van der Waals surface area contributed by atoms with E-state index in [9.17, 15) is 14.4 Å². The van der Waals surface area contributed by atoms with Gasteiger partial charge < -0.3 is 10.6 Å². The molecule has 4 rings (SSSR count). The van der Waals surface area contributed by atoms with Crippen LogP contribution in [0, 0.1) is 6.92 Å². The van der Waals surface area contributed by atoms with E-state index in [2.05, 4.69) is 24.5 Å². The smallest absolute Gasteiger partial charge is 0.324 e. The van der Waals surface area contributed by atoms with Crippen molar-refractivity contribution >= 4 is 34.3 Å². The first kappa shape index (κ1) is 21.6. The Kier molecular flexibility index (Phi) is 5.46. The quantitative estimate of drug-likeness (QED) is 0.578. The van der Waals surface area contributed by atoms with Crippen molar-refractivity contribution in [2.24, 2.45) is 0 Å². The largest absolute Gasteiger partial charge is 0.325 e. The summed E-state index contributed by atoms with van der Waals surface area (Å²) in [5.41, 5.74) is 2.14. The van der Waals surface area contributed by atoms with Gasteiger partial charge in [-0.2, -0.15) is 0 Å². The molecule has 0 unspecified atom stereocenters. The second kappa shape index (κ2) is 8.11. The maximum atomic E-state index is 13.4. The lowest BCUT2D eigenvalue weighted by atomic mass is 9.88. The highest BCUT2D eigenvalue weighted by Crippen LogP contribution is 2.34. The standard InChI is InChI=1S/C26H27N3O3/c1-16(2)19-13-7-9-17(3)23(19)27-22(30)15-29-24(31)26(4,28-25(29)32)21-14-8-11-18-10-5-6-12-20(18)21/h5-14,16H,15H2,1-4H3,(H,27,30)(H,28,32)/t26-/m0/s1. The molecule has 3 aromatic rings. The first-order valence-corrected chi connectivity index (χ1v) is 10.7. The van der Waals surface area contributed by atoms with Crippen LogP contribution in [0.25, 0.3) is 10.8 Å². The van der Waals surface area contributed by atoms with E-state index >= 15 is 0 Å². The summed E-state index contributed by atoms with van der Waals surface area (Å²) < 4.78 is 0. The predicted octanol–water partition coefficient (Wildman–Crippen LogP) is 4.68. The molecular weight excluding hydrogens is 402 g/mol. The van der Waals surface area contributed by atoms with Crippen LogP contribution in [-0.2, 0) is 15.1 Å². The summed E-state index contributed by atoms with van der Waals surface area (Å²) in [6, 6.07) is 18.7. The first-order chi connectivity index (χ1) is 15.2. The summed E-state index contributed by atoms with van der Waals surface area (Å²) in [6.07, 6.45) is 0. The van der Waals surface area contributed by atoms with E-state index in [1.54, 1.807) is 6.92 Å². The van der Waals surface area contributed by atoms with Gasteiger partial charge in [0.2, 0.25) is 5.91 Å². The lowest BCUT2D eigenvalue weighted by molar-refractivity contribution is -0.133. The van der Waals surface area contributed by atoms with Crippen LogP contribution in [0.5, 0.6) is 0 Å². The molecule has 0 spiro atoms. The van der Waals surface area contributed by atoms with E-state index in [0.717, 1.165) is 32.5 Å². The van der Waals surface area contributed by atoms with Crippen LogP contribution < -0.4 is 10.6 Å². The summed E-state index contributed by atoms with van der Waals surface area (Å²) in [4.78, 5) is 40.0. The Morgan fingerprint density at radius 3 is 2.47 bits per heavy atom. The fourth-order valence-corrected chi connectivity index (χ4v) is 4.35. The zero-order valence-electron chi connectivity index (χ0n) is 18.7. The van der Waals surface area contributed by atoms with E-state index in [-0.39, 0.29) is 12.5 Å². The van der Waals surface area contributed by atoms with Crippen molar-refractivity contribution < 1.29 is 14.4 Å². The molecule has 1 atom stereocenters. The van der Waals surface area contributed by atoms with E-state index < -0.39 is 23.4 Å². The SMILES string of the molecule is Cc1cccc(C(C)C)c1NC(=O)CN1C(=O)N[C@@](C)(c2cccc3ccccc23)C1=O. The third kappa shape index (κ3) is 3.62. The van der Waals surface area contributed by atoms with Gasteiger partial charge in [0.05, 0.1) is 0 Å². The van der Waals surface area contributed by atoms with E-state index in [0.29, 0.717) is 5.56 Å². The van der Waals surface area contributed by atoms with Crippen molar-refractivity contribution in [1.82, 2.24) is 10.2 Å². The molecule has 1 aliphatic rings. The highest BCUT2D eigenvalue weighted by atomic mass is 16.2. The number of aryl methyl sites for hydroxylation is 1. The Morgan fingerprint density at radius 2 is 1.72 bits per heavy atom. The van der Waals surface area contributed by atoms with Gasteiger partial charge in [-0.05, 0) is 47.2 Å². The first-order valence-electron chi connectivity index (χ1n) is 10.7. The third-order valence-electron chi connectivity index (χ3n) is 6.10. The number of nitrogens with zero attached hydrogens (tertiary/aromatic N) is 1. The fraction of sp³-hybridized carbons (Fsp3) is 0.269. The molecule has 6 nitrogen and oxygen atoms in total. The highest BCUT2D eigenvalue weighted by Gasteiger charge is 2.50. The molecule has 6 heteroatoms. The number of imide groups is 1. The summed E-state index contributed by atoms with van der Waals surface area (Å²) in [6.45, 7) is 7.36. The third-order valence-corrected chi connectivity index (χ3v) is 6.10. The fourth-order valence-electron chi connectivity index (χ4n) is 4.35. The summed E-state index contributed by atoms with van der Waals surface area (Å²) in [7, 11) is 0. The van der Waals surface area contributed by atoms with Crippen LogP contribution in [0.3, 0.4) is 0 Å². The molecule has 0 bridgehead atoms. The second-order valence-corrected chi connectivity index (χ2v) is 8.72. The number of carbonyl (C=O) groups excluding carboxylic acids is 3. The average Bonchev–Trinajstić information content (AvgIpc) is 2.98. The number of urea groups is 1. The monoisotopic (exact) mass is 429 g/mol. The Morgan fingerprint density at radius 1 is 1.03 bits per heavy atom. The maximum Gasteiger partial charge on any atom is 0.325 e. The maximum absolute atomic E-state index is 13.4. The molecule has 3 aromatic carbocycles. The summed E-state index contributed by atoms with van der Waals surface area (Å²) in [5, 5.41) is 7.58. The molecule has 1 heterocycles. The van der Waals surface area contributed by atoms with Gasteiger partial charge in [0, 0.05) is 5.69 Å². The molecule has 0 aliphatic carbocycles. The van der Waals surface area contributed by atoms with Gasteiger partial charge in [-0.25, -0.2) is 4.79 Å². The number of benzene rings is 3. The van der Waals surface area contributed by atoms with E-state index in [1.165, 1.54) is 0 Å². The molecule has 0 saturated carbocycles. The summed E-state index contributed by atoms with van der Waals surface area (Å²) >= 11 is 0. The topological polar surface area (TPSA) is 78.5 Å². The molecule has 0 aromatic heterocycles. The van der Waals surface area contributed by atoms with Gasteiger partial charge in [0.15, 0.2) is 0 Å². The van der Waals surface area contributed by atoms with Crippen molar-refractivity contribution in [3.63, 3.8) is 0 Å². The van der Waals surface area contributed by atoms with Gasteiger partial charge in [0.25, 0.3) is 5.91 Å². The molecule has 4 amide bonds. The molecular formula is C26H27N3O3. The van der Waals surface area contributed by atoms with Crippen molar-refractivity contribution in [2.75, 3.05) is 11.9 Å². The van der Waals surface area contributed by atoms with Crippen LogP contribution in [-0.4, -0.2) is 29.3 Å². The highest BCUT2D eigenvalue weighted by molar-refractivity contribution is 6.11. The predicted molar refractivity (Wildman–Crippen MR) is 125 cm³/mol. The number of para-hydroxylation sites is 1. The van der Waals surface area contributed by atoms with Gasteiger partial charge >= 0.3 is 6.03 Å². The zero-order chi connectivity index (χ0) is 23.0. The normalized spacial score (nSPS) is 18.3. The average molecular weight is 430 g/mol. The van der Waals surface area contributed by atoms with E-state index in [1.807, 2.05) is 67.6 Å². The lowest BCUT2D eigenvalue weighted by Crippen LogP contribution is -2.42. The zero-order valence-corrected chi connectivity index (χ0v) is 18.7. The van der Waals surface area contributed by atoms with Gasteiger partial charge in [0.1, 0.15) is 12.1 Å². The van der Waals surface area contributed by atoms with Gasteiger partial charge in [-0.3, -0.25) is 14.5 Å².